The average molecular weight is 397 g/mol. The van der Waals surface area contributed by atoms with Crippen molar-refractivity contribution in [2.45, 2.75) is 72.1 Å². The molecular weight excluding hydrogens is 360 g/mol. The van der Waals surface area contributed by atoms with E-state index in [-0.39, 0.29) is 5.97 Å². The number of benzene rings is 2. The first-order chi connectivity index (χ1) is 14.1. The summed E-state index contributed by atoms with van der Waals surface area (Å²) in [7, 11) is 0. The van der Waals surface area contributed by atoms with E-state index in [9.17, 15) is 4.79 Å². The molecule has 0 saturated heterocycles. The van der Waals surface area contributed by atoms with Crippen molar-refractivity contribution in [3.8, 4) is 11.5 Å². The van der Waals surface area contributed by atoms with Crippen LogP contribution in [0.1, 0.15) is 81.6 Å². The van der Waals surface area contributed by atoms with Crippen LogP contribution in [0.25, 0.3) is 0 Å². The SMILES string of the molecule is CCCCCCCCc1ccc(OC(=O)c2ccc(OC[C@@H](C)CC)cc2)cc1. The lowest BCUT2D eigenvalue weighted by molar-refractivity contribution is 0.0734. The molecule has 29 heavy (non-hydrogen) atoms. The van der Waals surface area contributed by atoms with Crippen molar-refractivity contribution in [1.82, 2.24) is 0 Å². The highest BCUT2D eigenvalue weighted by molar-refractivity contribution is 5.91. The van der Waals surface area contributed by atoms with E-state index in [1.807, 2.05) is 24.3 Å². The zero-order valence-electron chi connectivity index (χ0n) is 18.3. The summed E-state index contributed by atoms with van der Waals surface area (Å²) in [5.41, 5.74) is 1.82. The third-order valence-electron chi connectivity index (χ3n) is 5.27. The third-order valence-corrected chi connectivity index (χ3v) is 5.27. The summed E-state index contributed by atoms with van der Waals surface area (Å²) < 4.78 is 11.2. The summed E-state index contributed by atoms with van der Waals surface area (Å²) in [4.78, 5) is 12.4. The fraction of sp³-hybridized carbons (Fsp3) is 0.500. The first-order valence-electron chi connectivity index (χ1n) is 11.2. The van der Waals surface area contributed by atoms with Gasteiger partial charge < -0.3 is 9.47 Å². The van der Waals surface area contributed by atoms with Crippen molar-refractivity contribution in [3.63, 3.8) is 0 Å². The van der Waals surface area contributed by atoms with Gasteiger partial charge in [0.25, 0.3) is 0 Å². The minimum Gasteiger partial charge on any atom is -0.493 e. The zero-order valence-corrected chi connectivity index (χ0v) is 18.3. The Morgan fingerprint density at radius 3 is 2.10 bits per heavy atom. The Kier molecular flexibility index (Phi) is 10.3. The molecule has 3 nitrogen and oxygen atoms in total. The van der Waals surface area contributed by atoms with E-state index in [4.69, 9.17) is 9.47 Å². The van der Waals surface area contributed by atoms with Gasteiger partial charge >= 0.3 is 5.97 Å². The molecule has 0 spiro atoms. The lowest BCUT2D eigenvalue weighted by Crippen LogP contribution is -2.09. The van der Waals surface area contributed by atoms with Crippen LogP contribution >= 0.6 is 0 Å². The van der Waals surface area contributed by atoms with Gasteiger partial charge in [-0.2, -0.15) is 0 Å². The maximum Gasteiger partial charge on any atom is 0.343 e. The van der Waals surface area contributed by atoms with Crippen molar-refractivity contribution in [3.05, 3.63) is 59.7 Å². The topological polar surface area (TPSA) is 35.5 Å². The van der Waals surface area contributed by atoms with E-state index in [1.54, 1.807) is 12.1 Å². The second-order valence-electron chi connectivity index (χ2n) is 7.90. The molecule has 0 fully saturated rings. The molecule has 0 aliphatic rings. The minimum absolute atomic E-state index is 0.345. The van der Waals surface area contributed by atoms with Crippen molar-refractivity contribution in [2.24, 2.45) is 5.92 Å². The number of carbonyl (C=O) groups excluding carboxylic acids is 1. The molecule has 3 heteroatoms. The Balaban J connectivity index is 1.76. The number of aryl methyl sites for hydroxylation is 1. The largest absolute Gasteiger partial charge is 0.493 e. The summed E-state index contributed by atoms with van der Waals surface area (Å²) in [6.07, 6.45) is 9.97. The maximum absolute atomic E-state index is 12.4. The highest BCUT2D eigenvalue weighted by atomic mass is 16.5. The summed E-state index contributed by atoms with van der Waals surface area (Å²) in [5.74, 6) is 1.53. The molecule has 2 aromatic rings. The monoisotopic (exact) mass is 396 g/mol. The van der Waals surface area contributed by atoms with Crippen molar-refractivity contribution in [2.75, 3.05) is 6.61 Å². The molecule has 0 radical (unpaired) electrons. The highest BCUT2D eigenvalue weighted by Crippen LogP contribution is 2.18. The van der Waals surface area contributed by atoms with Crippen LogP contribution < -0.4 is 9.47 Å². The van der Waals surface area contributed by atoms with Crippen molar-refractivity contribution >= 4 is 5.97 Å². The lowest BCUT2D eigenvalue weighted by atomic mass is 10.0. The number of carbonyl (C=O) groups is 1. The molecule has 0 aliphatic heterocycles. The standard InChI is InChI=1S/C26H36O3/c1-4-6-7-8-9-10-11-22-12-16-25(17-13-22)29-26(27)23-14-18-24(19-15-23)28-20-21(3)5-2/h12-19,21H,4-11,20H2,1-3H3/t21-/m0/s1. The molecule has 0 aliphatic carbocycles. The Morgan fingerprint density at radius 2 is 1.45 bits per heavy atom. The molecular formula is C26H36O3. The normalized spacial score (nSPS) is 11.8. The molecule has 0 aromatic heterocycles. The zero-order chi connectivity index (χ0) is 20.9. The first-order valence-corrected chi connectivity index (χ1v) is 11.2. The number of esters is 1. The molecule has 2 aromatic carbocycles. The summed E-state index contributed by atoms with van der Waals surface area (Å²) >= 11 is 0. The van der Waals surface area contributed by atoms with Gasteiger partial charge in [-0.1, -0.05) is 71.4 Å². The van der Waals surface area contributed by atoms with Gasteiger partial charge in [0.05, 0.1) is 12.2 Å². The molecule has 0 N–H and O–H groups in total. The van der Waals surface area contributed by atoms with Crippen LogP contribution in [0, 0.1) is 5.92 Å². The number of rotatable bonds is 13. The van der Waals surface area contributed by atoms with Gasteiger partial charge in [-0.15, -0.1) is 0 Å². The first kappa shape index (κ1) is 23.0. The Morgan fingerprint density at radius 1 is 0.828 bits per heavy atom. The predicted molar refractivity (Wildman–Crippen MR) is 120 cm³/mol. The molecule has 0 heterocycles. The van der Waals surface area contributed by atoms with Gasteiger partial charge in [-0.25, -0.2) is 4.79 Å². The van der Waals surface area contributed by atoms with Crippen LogP contribution in [0.4, 0.5) is 0 Å². The average Bonchev–Trinajstić information content (AvgIpc) is 2.76. The Hall–Kier alpha value is -2.29. The number of unbranched alkanes of at least 4 members (excludes halogenated alkanes) is 5. The molecule has 0 amide bonds. The van der Waals surface area contributed by atoms with Crippen LogP contribution in [0.15, 0.2) is 48.5 Å². The fourth-order valence-corrected chi connectivity index (χ4v) is 3.04. The molecule has 2 rings (SSSR count). The number of hydrogen-bond acceptors (Lipinski definition) is 3. The Labute approximate surface area is 176 Å². The van der Waals surface area contributed by atoms with Crippen LogP contribution in [0.5, 0.6) is 11.5 Å². The van der Waals surface area contributed by atoms with E-state index < -0.39 is 0 Å². The van der Waals surface area contributed by atoms with Gasteiger partial charge in [-0.05, 0) is 60.7 Å². The second-order valence-corrected chi connectivity index (χ2v) is 7.90. The smallest absolute Gasteiger partial charge is 0.343 e. The number of ether oxygens (including phenoxy) is 2. The van der Waals surface area contributed by atoms with Crippen LogP contribution in [-0.4, -0.2) is 12.6 Å². The van der Waals surface area contributed by atoms with Crippen LogP contribution in [0.3, 0.4) is 0 Å². The molecule has 0 bridgehead atoms. The van der Waals surface area contributed by atoms with E-state index >= 15 is 0 Å². The number of hydrogen-bond donors (Lipinski definition) is 0. The van der Waals surface area contributed by atoms with Gasteiger partial charge in [0.15, 0.2) is 0 Å². The van der Waals surface area contributed by atoms with Gasteiger partial charge in [-0.3, -0.25) is 0 Å². The van der Waals surface area contributed by atoms with Crippen molar-refractivity contribution < 1.29 is 14.3 Å². The predicted octanol–water partition coefficient (Wildman–Crippen LogP) is 7.23. The molecule has 158 valence electrons. The second kappa shape index (κ2) is 13.0. The van der Waals surface area contributed by atoms with E-state index in [1.165, 1.54) is 44.1 Å². The lowest BCUT2D eigenvalue weighted by Gasteiger charge is -2.11. The summed E-state index contributed by atoms with van der Waals surface area (Å²) in [6, 6.07) is 15.0. The van der Waals surface area contributed by atoms with E-state index in [0.717, 1.165) is 18.6 Å². The Bertz CT molecular complexity index is 704. The summed E-state index contributed by atoms with van der Waals surface area (Å²) in [5, 5.41) is 0. The van der Waals surface area contributed by atoms with Gasteiger partial charge in [0, 0.05) is 0 Å². The highest BCUT2D eigenvalue weighted by Gasteiger charge is 2.09. The minimum atomic E-state index is -0.345. The summed E-state index contributed by atoms with van der Waals surface area (Å²) in [6.45, 7) is 7.23. The molecule has 0 unspecified atom stereocenters. The van der Waals surface area contributed by atoms with E-state index in [2.05, 4.69) is 32.9 Å². The van der Waals surface area contributed by atoms with Crippen LogP contribution in [-0.2, 0) is 6.42 Å². The fourth-order valence-electron chi connectivity index (χ4n) is 3.04. The molecule has 0 saturated carbocycles. The molecule has 1 atom stereocenters. The maximum atomic E-state index is 12.4. The van der Waals surface area contributed by atoms with Crippen LogP contribution in [0.2, 0.25) is 0 Å². The van der Waals surface area contributed by atoms with E-state index in [0.29, 0.717) is 23.8 Å². The van der Waals surface area contributed by atoms with Crippen molar-refractivity contribution in [1.29, 1.82) is 0 Å². The quantitative estimate of drug-likeness (QED) is 0.203. The van der Waals surface area contributed by atoms with Gasteiger partial charge in [0.2, 0.25) is 0 Å². The van der Waals surface area contributed by atoms with Gasteiger partial charge in [0.1, 0.15) is 11.5 Å². The third kappa shape index (κ3) is 8.72.